The first-order chi connectivity index (χ1) is 11.0. The molecule has 0 spiro atoms. The Labute approximate surface area is 137 Å². The number of nitrogens with one attached hydrogen (secondary N) is 1. The van der Waals surface area contributed by atoms with Gasteiger partial charge in [0.1, 0.15) is 21.5 Å². The van der Waals surface area contributed by atoms with Crippen LogP contribution in [0.1, 0.15) is 16.1 Å². The summed E-state index contributed by atoms with van der Waals surface area (Å²) >= 11 is 0.992. The zero-order valence-corrected chi connectivity index (χ0v) is 13.5. The number of halogens is 2. The van der Waals surface area contributed by atoms with Crippen LogP contribution in [0.3, 0.4) is 0 Å². The van der Waals surface area contributed by atoms with Crippen molar-refractivity contribution in [1.29, 1.82) is 0 Å². The SMILES string of the molecule is CN1CCC(CNC(=O)c2cnc(-c3c(F)cccc3F)s2)C1. The van der Waals surface area contributed by atoms with E-state index in [0.29, 0.717) is 17.3 Å². The van der Waals surface area contributed by atoms with E-state index >= 15 is 0 Å². The van der Waals surface area contributed by atoms with Crippen LogP contribution >= 0.6 is 11.3 Å². The Morgan fingerprint density at radius 3 is 2.83 bits per heavy atom. The van der Waals surface area contributed by atoms with Crippen LogP contribution < -0.4 is 5.32 Å². The highest BCUT2D eigenvalue weighted by Crippen LogP contribution is 2.29. The molecule has 4 nitrogen and oxygen atoms in total. The average Bonchev–Trinajstić information content (AvgIpc) is 3.14. The van der Waals surface area contributed by atoms with E-state index in [9.17, 15) is 13.6 Å². The largest absolute Gasteiger partial charge is 0.351 e. The van der Waals surface area contributed by atoms with Gasteiger partial charge in [0.2, 0.25) is 0 Å². The smallest absolute Gasteiger partial charge is 0.263 e. The van der Waals surface area contributed by atoms with Gasteiger partial charge in [-0.3, -0.25) is 4.79 Å². The lowest BCUT2D eigenvalue weighted by Crippen LogP contribution is -2.29. The third-order valence-electron chi connectivity index (χ3n) is 3.95. The number of aromatic nitrogens is 1. The molecule has 7 heteroatoms. The van der Waals surface area contributed by atoms with Gasteiger partial charge in [-0.05, 0) is 38.1 Å². The van der Waals surface area contributed by atoms with Crippen molar-refractivity contribution in [2.24, 2.45) is 5.92 Å². The summed E-state index contributed by atoms with van der Waals surface area (Å²) in [5.74, 6) is -1.17. The van der Waals surface area contributed by atoms with Gasteiger partial charge in [0.25, 0.3) is 5.91 Å². The highest BCUT2D eigenvalue weighted by molar-refractivity contribution is 7.16. The molecule has 1 aliphatic heterocycles. The van der Waals surface area contributed by atoms with Crippen LogP contribution in [0.4, 0.5) is 8.78 Å². The molecule has 0 radical (unpaired) electrons. The summed E-state index contributed by atoms with van der Waals surface area (Å²) in [6.07, 6.45) is 2.42. The van der Waals surface area contributed by atoms with E-state index in [4.69, 9.17) is 0 Å². The molecular formula is C16H17F2N3OS. The molecule has 2 aromatic rings. The Kier molecular flexibility index (Phi) is 4.68. The fraction of sp³-hybridized carbons (Fsp3) is 0.375. The second-order valence-electron chi connectivity index (χ2n) is 5.75. The maximum atomic E-state index is 13.8. The van der Waals surface area contributed by atoms with Crippen molar-refractivity contribution >= 4 is 17.2 Å². The van der Waals surface area contributed by atoms with Crippen LogP contribution in [0.5, 0.6) is 0 Å². The molecule has 1 unspecified atom stereocenters. The number of hydrogen-bond acceptors (Lipinski definition) is 4. The van der Waals surface area contributed by atoms with Crippen molar-refractivity contribution in [3.05, 3.63) is 40.9 Å². The summed E-state index contributed by atoms with van der Waals surface area (Å²) in [5, 5.41) is 3.05. The molecule has 1 N–H and O–H groups in total. The lowest BCUT2D eigenvalue weighted by molar-refractivity contribution is 0.0951. The van der Waals surface area contributed by atoms with Crippen molar-refractivity contribution in [1.82, 2.24) is 15.2 Å². The first kappa shape index (κ1) is 16.0. The number of likely N-dealkylation sites (tertiary alicyclic amines) is 1. The first-order valence-corrected chi connectivity index (χ1v) is 8.23. The van der Waals surface area contributed by atoms with E-state index in [2.05, 4.69) is 22.2 Å². The van der Waals surface area contributed by atoms with Gasteiger partial charge in [0, 0.05) is 13.1 Å². The lowest BCUT2D eigenvalue weighted by Gasteiger charge is -2.10. The number of nitrogens with zero attached hydrogens (tertiary/aromatic N) is 2. The Bertz CT molecular complexity index is 699. The van der Waals surface area contributed by atoms with E-state index in [1.54, 1.807) is 0 Å². The second-order valence-corrected chi connectivity index (χ2v) is 6.78. The van der Waals surface area contributed by atoms with Crippen molar-refractivity contribution in [3.63, 3.8) is 0 Å². The van der Waals surface area contributed by atoms with E-state index in [1.807, 2.05) is 0 Å². The monoisotopic (exact) mass is 337 g/mol. The molecule has 1 aromatic carbocycles. The molecule has 1 aliphatic rings. The Hall–Kier alpha value is -1.86. The highest BCUT2D eigenvalue weighted by atomic mass is 32.1. The molecule has 1 saturated heterocycles. The molecule has 0 saturated carbocycles. The highest BCUT2D eigenvalue weighted by Gasteiger charge is 2.21. The van der Waals surface area contributed by atoms with Crippen molar-refractivity contribution in [3.8, 4) is 10.6 Å². The normalized spacial score (nSPS) is 18.3. The maximum Gasteiger partial charge on any atom is 0.263 e. The van der Waals surface area contributed by atoms with Gasteiger partial charge in [0.15, 0.2) is 0 Å². The molecule has 0 bridgehead atoms. The van der Waals surface area contributed by atoms with Gasteiger partial charge < -0.3 is 10.2 Å². The number of hydrogen-bond donors (Lipinski definition) is 1. The van der Waals surface area contributed by atoms with Crippen LogP contribution in [-0.2, 0) is 0 Å². The van der Waals surface area contributed by atoms with Crippen LogP contribution in [0.25, 0.3) is 10.6 Å². The topological polar surface area (TPSA) is 45.2 Å². The molecule has 1 atom stereocenters. The summed E-state index contributed by atoms with van der Waals surface area (Å²) in [4.78, 5) is 18.7. The summed E-state index contributed by atoms with van der Waals surface area (Å²) in [5.41, 5.74) is -0.186. The minimum absolute atomic E-state index is 0.173. The molecule has 1 amide bonds. The summed E-state index contributed by atoms with van der Waals surface area (Å²) in [6.45, 7) is 2.61. The van der Waals surface area contributed by atoms with Gasteiger partial charge in [-0.2, -0.15) is 0 Å². The minimum atomic E-state index is -0.680. The van der Waals surface area contributed by atoms with E-state index in [-0.39, 0.29) is 16.5 Å². The zero-order chi connectivity index (χ0) is 16.4. The minimum Gasteiger partial charge on any atom is -0.351 e. The van der Waals surface area contributed by atoms with Gasteiger partial charge in [-0.15, -0.1) is 11.3 Å². The fourth-order valence-electron chi connectivity index (χ4n) is 2.71. The Morgan fingerprint density at radius 2 is 2.17 bits per heavy atom. The average molecular weight is 337 g/mol. The molecule has 1 fully saturated rings. The van der Waals surface area contributed by atoms with Crippen LogP contribution in [0.2, 0.25) is 0 Å². The van der Waals surface area contributed by atoms with E-state index < -0.39 is 11.6 Å². The summed E-state index contributed by atoms with van der Waals surface area (Å²) in [7, 11) is 2.06. The third kappa shape index (κ3) is 3.56. The molecular weight excluding hydrogens is 320 g/mol. The molecule has 23 heavy (non-hydrogen) atoms. The van der Waals surface area contributed by atoms with Crippen LogP contribution in [0.15, 0.2) is 24.4 Å². The van der Waals surface area contributed by atoms with Gasteiger partial charge in [0.05, 0.1) is 11.8 Å². The third-order valence-corrected chi connectivity index (χ3v) is 4.96. The number of thiazole rings is 1. The Morgan fingerprint density at radius 1 is 1.43 bits per heavy atom. The van der Waals surface area contributed by atoms with Crippen molar-refractivity contribution in [2.45, 2.75) is 6.42 Å². The number of benzene rings is 1. The summed E-state index contributed by atoms with van der Waals surface area (Å²) < 4.78 is 27.5. The fourth-order valence-corrected chi connectivity index (χ4v) is 3.59. The molecule has 122 valence electrons. The maximum absolute atomic E-state index is 13.8. The lowest BCUT2D eigenvalue weighted by atomic mass is 10.1. The second kappa shape index (κ2) is 6.72. The van der Waals surface area contributed by atoms with Crippen molar-refractivity contribution < 1.29 is 13.6 Å². The van der Waals surface area contributed by atoms with Gasteiger partial charge >= 0.3 is 0 Å². The molecule has 3 rings (SSSR count). The van der Waals surface area contributed by atoms with Crippen LogP contribution in [-0.4, -0.2) is 42.5 Å². The quantitative estimate of drug-likeness (QED) is 0.933. The Balaban J connectivity index is 1.68. The number of rotatable bonds is 4. The molecule has 2 heterocycles. The molecule has 1 aromatic heterocycles. The van der Waals surface area contributed by atoms with Crippen molar-refractivity contribution in [2.75, 3.05) is 26.7 Å². The number of carbonyl (C=O) groups excluding carboxylic acids is 1. The standard InChI is InChI=1S/C16H17F2N3OS/c1-21-6-5-10(9-21)7-19-15(22)13-8-20-16(23-13)14-11(17)3-2-4-12(14)18/h2-4,8,10H,5-7,9H2,1H3,(H,19,22). The number of carbonyl (C=O) groups is 1. The van der Waals surface area contributed by atoms with Crippen LogP contribution in [0, 0.1) is 17.6 Å². The number of amides is 1. The summed E-state index contributed by atoms with van der Waals surface area (Å²) in [6, 6.07) is 3.65. The van der Waals surface area contributed by atoms with E-state index in [0.717, 1.165) is 30.8 Å². The molecule has 0 aliphatic carbocycles. The predicted octanol–water partition coefficient (Wildman–Crippen LogP) is 2.77. The zero-order valence-electron chi connectivity index (χ0n) is 12.7. The van der Waals surface area contributed by atoms with Gasteiger partial charge in [-0.1, -0.05) is 6.07 Å². The van der Waals surface area contributed by atoms with Gasteiger partial charge in [-0.25, -0.2) is 13.8 Å². The van der Waals surface area contributed by atoms with E-state index in [1.165, 1.54) is 24.4 Å². The first-order valence-electron chi connectivity index (χ1n) is 7.41. The predicted molar refractivity (Wildman–Crippen MR) is 85.4 cm³/mol.